The van der Waals surface area contributed by atoms with Crippen LogP contribution in [0, 0.1) is 0 Å². The highest BCUT2D eigenvalue weighted by Crippen LogP contribution is 2.36. The number of para-hydroxylation sites is 1. The number of nitrogens with one attached hydrogen (secondary N) is 3. The van der Waals surface area contributed by atoms with E-state index in [2.05, 4.69) is 25.9 Å². The van der Waals surface area contributed by atoms with Crippen LogP contribution in [0.4, 0.5) is 23.1 Å². The molecular weight excluding hydrogens is 522 g/mol. The van der Waals surface area contributed by atoms with Crippen molar-refractivity contribution in [1.82, 2.24) is 15.3 Å². The Balaban J connectivity index is 1.70. The Morgan fingerprint density at radius 1 is 0.897 bits per heavy atom. The van der Waals surface area contributed by atoms with Gasteiger partial charge in [-0.2, -0.15) is 4.98 Å². The smallest absolute Gasteiger partial charge is 0.251 e. The van der Waals surface area contributed by atoms with Gasteiger partial charge < -0.3 is 32.2 Å². The molecular formula is C27H24ClN7O4. The van der Waals surface area contributed by atoms with Crippen LogP contribution in [0.5, 0.6) is 5.75 Å². The zero-order valence-electron chi connectivity index (χ0n) is 20.9. The van der Waals surface area contributed by atoms with Crippen molar-refractivity contribution < 1.29 is 19.1 Å². The fourth-order valence-corrected chi connectivity index (χ4v) is 3.94. The maximum Gasteiger partial charge on any atom is 0.251 e. The minimum atomic E-state index is -0.673. The second kappa shape index (κ2) is 11.5. The molecule has 0 spiro atoms. The molecule has 39 heavy (non-hydrogen) atoms. The molecule has 0 radical (unpaired) electrons. The molecule has 7 N–H and O–H groups in total. The van der Waals surface area contributed by atoms with Crippen molar-refractivity contribution in [3.05, 3.63) is 88.6 Å². The Morgan fingerprint density at radius 2 is 1.59 bits per heavy atom. The van der Waals surface area contributed by atoms with E-state index in [9.17, 15) is 14.4 Å². The third-order valence-electron chi connectivity index (χ3n) is 5.73. The van der Waals surface area contributed by atoms with Gasteiger partial charge in [-0.3, -0.25) is 14.4 Å². The second-order valence-electron chi connectivity index (χ2n) is 8.17. The number of nitrogens with zero attached hydrogens (tertiary/aromatic N) is 2. The van der Waals surface area contributed by atoms with Gasteiger partial charge in [0.25, 0.3) is 11.8 Å². The molecule has 0 bridgehead atoms. The number of anilines is 4. The van der Waals surface area contributed by atoms with Gasteiger partial charge in [-0.1, -0.05) is 35.9 Å². The van der Waals surface area contributed by atoms with Crippen LogP contribution in [0.3, 0.4) is 0 Å². The van der Waals surface area contributed by atoms with Gasteiger partial charge in [-0.15, -0.1) is 0 Å². The largest absolute Gasteiger partial charge is 0.495 e. The number of nitrogens with two attached hydrogens (primary N) is 2. The Morgan fingerprint density at radius 3 is 2.23 bits per heavy atom. The highest BCUT2D eigenvalue weighted by atomic mass is 35.5. The Labute approximate surface area is 228 Å². The number of primary amides is 2. The van der Waals surface area contributed by atoms with E-state index in [1.165, 1.54) is 19.4 Å². The van der Waals surface area contributed by atoms with Crippen LogP contribution < -0.4 is 32.2 Å². The van der Waals surface area contributed by atoms with Crippen LogP contribution in [0.25, 0.3) is 11.1 Å². The monoisotopic (exact) mass is 545 g/mol. The predicted molar refractivity (Wildman–Crippen MR) is 149 cm³/mol. The van der Waals surface area contributed by atoms with Gasteiger partial charge in [0.05, 0.1) is 30.2 Å². The summed E-state index contributed by atoms with van der Waals surface area (Å²) in [6.45, 7) is 0. The molecule has 1 heterocycles. The SMILES string of the molecule is CNC(=O)c1ccc(-c2cc(OC)c(Nc3ncc(Cl)c(Nc4ccccc4C(N)=O)n3)cc2C(N)=O)cc1. The molecule has 1 aromatic heterocycles. The summed E-state index contributed by atoms with van der Waals surface area (Å²) in [5, 5.41) is 8.77. The molecule has 4 rings (SSSR count). The molecule has 198 valence electrons. The van der Waals surface area contributed by atoms with Gasteiger partial charge >= 0.3 is 0 Å². The minimum absolute atomic E-state index is 0.120. The summed E-state index contributed by atoms with van der Waals surface area (Å²) in [5.74, 6) is -0.817. The Bertz CT molecular complexity index is 1580. The van der Waals surface area contributed by atoms with Gasteiger partial charge in [0.1, 0.15) is 10.8 Å². The van der Waals surface area contributed by atoms with Gasteiger partial charge in [0.2, 0.25) is 11.9 Å². The van der Waals surface area contributed by atoms with E-state index in [4.69, 9.17) is 27.8 Å². The summed E-state index contributed by atoms with van der Waals surface area (Å²) >= 11 is 6.29. The summed E-state index contributed by atoms with van der Waals surface area (Å²) in [7, 11) is 3.01. The molecule has 0 unspecified atom stereocenters. The number of ether oxygens (including phenoxy) is 1. The first kappa shape index (κ1) is 26.9. The topological polar surface area (TPSA) is 174 Å². The van der Waals surface area contributed by atoms with E-state index in [0.29, 0.717) is 33.8 Å². The van der Waals surface area contributed by atoms with E-state index in [1.54, 1.807) is 61.6 Å². The van der Waals surface area contributed by atoms with E-state index >= 15 is 0 Å². The van der Waals surface area contributed by atoms with Crippen molar-refractivity contribution in [2.24, 2.45) is 11.5 Å². The average Bonchev–Trinajstić information content (AvgIpc) is 2.94. The number of hydrogen-bond acceptors (Lipinski definition) is 8. The van der Waals surface area contributed by atoms with Gasteiger partial charge in [0.15, 0.2) is 5.82 Å². The number of methoxy groups -OCH3 is 1. The van der Waals surface area contributed by atoms with E-state index < -0.39 is 11.8 Å². The van der Waals surface area contributed by atoms with Crippen molar-refractivity contribution >= 4 is 52.5 Å². The van der Waals surface area contributed by atoms with E-state index in [1.807, 2.05) is 0 Å². The summed E-state index contributed by atoms with van der Waals surface area (Å²) in [4.78, 5) is 44.7. The van der Waals surface area contributed by atoms with Crippen LogP contribution in [0.15, 0.2) is 66.9 Å². The molecule has 3 aromatic carbocycles. The van der Waals surface area contributed by atoms with Crippen molar-refractivity contribution in [3.8, 4) is 16.9 Å². The third kappa shape index (κ3) is 5.89. The fourth-order valence-electron chi connectivity index (χ4n) is 3.80. The van der Waals surface area contributed by atoms with E-state index in [-0.39, 0.29) is 33.8 Å². The lowest BCUT2D eigenvalue weighted by molar-refractivity contribution is 0.0960. The summed E-state index contributed by atoms with van der Waals surface area (Å²) in [6.07, 6.45) is 1.37. The normalized spacial score (nSPS) is 10.4. The number of carbonyl (C=O) groups excluding carboxylic acids is 3. The number of benzene rings is 3. The first-order valence-electron chi connectivity index (χ1n) is 11.5. The molecule has 0 fully saturated rings. The predicted octanol–water partition coefficient (Wildman–Crippen LogP) is 3.85. The first-order valence-corrected chi connectivity index (χ1v) is 11.9. The highest BCUT2D eigenvalue weighted by molar-refractivity contribution is 6.33. The standard InChI is InChI=1S/C27H24ClN7O4/c1-31-26(38)15-9-7-14(8-10-15)17-12-22(39-2)21(11-18(17)24(30)37)34-27-32-13-19(28)25(35-27)33-20-6-4-3-5-16(20)23(29)36/h3-13H,1-2H3,(H2,29,36)(H2,30,37)(H,31,38)(H2,32,33,34,35). The minimum Gasteiger partial charge on any atom is -0.495 e. The van der Waals surface area contributed by atoms with Gasteiger partial charge in [-0.05, 0) is 47.5 Å². The molecule has 0 atom stereocenters. The molecule has 12 heteroatoms. The Kier molecular flexibility index (Phi) is 7.92. The molecule has 0 saturated carbocycles. The summed E-state index contributed by atoms with van der Waals surface area (Å²) in [5.41, 5.74) is 14.0. The maximum absolute atomic E-state index is 12.4. The number of carbonyl (C=O) groups is 3. The lowest BCUT2D eigenvalue weighted by atomic mass is 9.97. The summed E-state index contributed by atoms with van der Waals surface area (Å²) < 4.78 is 5.56. The second-order valence-corrected chi connectivity index (χ2v) is 8.58. The Hall–Kier alpha value is -5.16. The zero-order valence-corrected chi connectivity index (χ0v) is 21.7. The lowest BCUT2D eigenvalue weighted by Gasteiger charge is -2.16. The molecule has 3 amide bonds. The highest BCUT2D eigenvalue weighted by Gasteiger charge is 2.18. The number of hydrogen-bond donors (Lipinski definition) is 5. The molecule has 0 aliphatic carbocycles. The number of amides is 3. The number of rotatable bonds is 9. The molecule has 0 aliphatic heterocycles. The fraction of sp³-hybridized carbons (Fsp3) is 0.0741. The van der Waals surface area contributed by atoms with E-state index in [0.717, 1.165) is 0 Å². The van der Waals surface area contributed by atoms with Gasteiger partial charge in [-0.25, -0.2) is 4.98 Å². The first-order chi connectivity index (χ1) is 18.7. The van der Waals surface area contributed by atoms with Crippen molar-refractivity contribution in [2.45, 2.75) is 0 Å². The lowest BCUT2D eigenvalue weighted by Crippen LogP contribution is -2.17. The maximum atomic E-state index is 12.4. The molecule has 11 nitrogen and oxygen atoms in total. The zero-order chi connectivity index (χ0) is 28.1. The van der Waals surface area contributed by atoms with Crippen LogP contribution in [-0.2, 0) is 0 Å². The summed E-state index contributed by atoms with van der Waals surface area (Å²) in [6, 6.07) is 16.5. The van der Waals surface area contributed by atoms with Crippen LogP contribution in [0.2, 0.25) is 5.02 Å². The quantitative estimate of drug-likeness (QED) is 0.211. The molecule has 4 aromatic rings. The van der Waals surface area contributed by atoms with Crippen molar-refractivity contribution in [3.63, 3.8) is 0 Å². The average molecular weight is 546 g/mol. The van der Waals surface area contributed by atoms with Crippen LogP contribution >= 0.6 is 11.6 Å². The van der Waals surface area contributed by atoms with Crippen LogP contribution in [-0.4, -0.2) is 41.8 Å². The number of aromatic nitrogens is 2. The van der Waals surface area contributed by atoms with Gasteiger partial charge in [0, 0.05) is 18.2 Å². The third-order valence-corrected chi connectivity index (χ3v) is 6.00. The number of halogens is 1. The van der Waals surface area contributed by atoms with Crippen molar-refractivity contribution in [1.29, 1.82) is 0 Å². The molecule has 0 aliphatic rings. The molecule has 0 saturated heterocycles. The van der Waals surface area contributed by atoms with Crippen molar-refractivity contribution in [2.75, 3.05) is 24.8 Å². The van der Waals surface area contributed by atoms with Crippen LogP contribution in [0.1, 0.15) is 31.1 Å².